The Morgan fingerprint density at radius 2 is 1.85 bits per heavy atom. The molecule has 7 heteroatoms. The first-order chi connectivity index (χ1) is 12.9. The van der Waals surface area contributed by atoms with Crippen molar-refractivity contribution in [1.29, 1.82) is 0 Å². The molecule has 0 aliphatic carbocycles. The van der Waals surface area contributed by atoms with Gasteiger partial charge in [0.15, 0.2) is 0 Å². The number of carbonyl (C=O) groups excluding carboxylic acids is 2. The second-order valence-corrected chi connectivity index (χ2v) is 7.47. The first-order valence-corrected chi connectivity index (χ1v) is 9.60. The van der Waals surface area contributed by atoms with Crippen LogP contribution in [0.1, 0.15) is 25.3 Å². The van der Waals surface area contributed by atoms with Crippen LogP contribution >= 0.6 is 15.9 Å². The lowest BCUT2D eigenvalue weighted by Crippen LogP contribution is -2.46. The summed E-state index contributed by atoms with van der Waals surface area (Å²) in [4.78, 5) is 30.4. The summed E-state index contributed by atoms with van der Waals surface area (Å²) in [5, 5.41) is 5.68. The fourth-order valence-corrected chi connectivity index (χ4v) is 2.73. The van der Waals surface area contributed by atoms with Crippen molar-refractivity contribution in [2.45, 2.75) is 25.8 Å². The molecule has 1 heterocycles. The minimum Gasteiger partial charge on any atom is -0.354 e. The van der Waals surface area contributed by atoms with E-state index in [1.54, 1.807) is 37.2 Å². The van der Waals surface area contributed by atoms with Crippen molar-refractivity contribution < 1.29 is 9.59 Å². The maximum Gasteiger partial charge on any atom is 0.239 e. The van der Waals surface area contributed by atoms with Gasteiger partial charge >= 0.3 is 0 Å². The molecule has 0 aliphatic rings. The van der Waals surface area contributed by atoms with Crippen LogP contribution in [0.5, 0.6) is 0 Å². The van der Waals surface area contributed by atoms with Crippen LogP contribution in [0.15, 0.2) is 53.1 Å². The largest absolute Gasteiger partial charge is 0.354 e. The number of pyridine rings is 1. The molecular formula is C20H25BrN4O2. The number of anilines is 1. The van der Waals surface area contributed by atoms with Crippen LogP contribution in [0.2, 0.25) is 0 Å². The summed E-state index contributed by atoms with van der Waals surface area (Å²) in [6.07, 6.45) is 1.61. The summed E-state index contributed by atoms with van der Waals surface area (Å²) in [7, 11) is 1.75. The van der Waals surface area contributed by atoms with Gasteiger partial charge in [0.05, 0.1) is 12.6 Å². The van der Waals surface area contributed by atoms with Crippen molar-refractivity contribution >= 4 is 33.6 Å². The lowest BCUT2D eigenvalue weighted by molar-refractivity contribution is -0.126. The van der Waals surface area contributed by atoms with Crippen LogP contribution in [0.4, 0.5) is 5.82 Å². The number of nitrogens with zero attached hydrogens (tertiary/aromatic N) is 2. The van der Waals surface area contributed by atoms with Crippen molar-refractivity contribution in [2.75, 3.05) is 25.5 Å². The van der Waals surface area contributed by atoms with Crippen LogP contribution < -0.4 is 10.6 Å². The van der Waals surface area contributed by atoms with E-state index in [2.05, 4.69) is 38.5 Å². The summed E-state index contributed by atoms with van der Waals surface area (Å²) in [5.74, 6) is 0.379. The Kier molecular flexibility index (Phi) is 7.94. The summed E-state index contributed by atoms with van der Waals surface area (Å²) >= 11 is 3.30. The lowest BCUT2D eigenvalue weighted by atomic mass is 10.0. The third-order valence-electron chi connectivity index (χ3n) is 4.38. The Bertz CT molecular complexity index is 752. The maximum absolute atomic E-state index is 12.4. The predicted octanol–water partition coefficient (Wildman–Crippen LogP) is 3.02. The van der Waals surface area contributed by atoms with Crippen LogP contribution in [-0.2, 0) is 9.59 Å². The van der Waals surface area contributed by atoms with Gasteiger partial charge in [-0.3, -0.25) is 14.5 Å². The van der Waals surface area contributed by atoms with E-state index in [1.165, 1.54) is 5.56 Å². The lowest BCUT2D eigenvalue weighted by Gasteiger charge is -2.24. The zero-order valence-corrected chi connectivity index (χ0v) is 17.4. The molecule has 0 saturated carbocycles. The maximum atomic E-state index is 12.4. The number of likely N-dealkylation sites (N-methyl/N-ethyl adjacent to an activating group) is 1. The third-order valence-corrected chi connectivity index (χ3v) is 4.85. The number of carbonyl (C=O) groups is 2. The molecular weight excluding hydrogens is 408 g/mol. The van der Waals surface area contributed by atoms with Gasteiger partial charge in [-0.25, -0.2) is 4.98 Å². The molecule has 0 saturated heterocycles. The number of aromatic nitrogens is 1. The van der Waals surface area contributed by atoms with Crippen molar-refractivity contribution in [1.82, 2.24) is 15.2 Å². The summed E-state index contributed by atoms with van der Waals surface area (Å²) in [5.41, 5.74) is 1.18. The van der Waals surface area contributed by atoms with Gasteiger partial charge in [0.2, 0.25) is 11.8 Å². The van der Waals surface area contributed by atoms with Gasteiger partial charge in [-0.15, -0.1) is 0 Å². The van der Waals surface area contributed by atoms with E-state index in [0.717, 1.165) is 4.47 Å². The molecule has 2 atom stereocenters. The van der Waals surface area contributed by atoms with Crippen molar-refractivity contribution in [2.24, 2.45) is 0 Å². The van der Waals surface area contributed by atoms with Crippen LogP contribution in [-0.4, -0.2) is 47.9 Å². The molecule has 27 heavy (non-hydrogen) atoms. The SMILES string of the molecule is CC(CNC(=O)C(C)N(C)CC(=O)Nc1ccc(Br)cn1)c1ccccc1. The molecule has 2 amide bonds. The predicted molar refractivity (Wildman–Crippen MR) is 111 cm³/mol. The Labute approximate surface area is 168 Å². The Hall–Kier alpha value is -2.25. The fraction of sp³-hybridized carbons (Fsp3) is 0.350. The number of benzene rings is 1. The number of rotatable bonds is 8. The number of halogens is 1. The highest BCUT2D eigenvalue weighted by Crippen LogP contribution is 2.13. The Morgan fingerprint density at radius 3 is 2.48 bits per heavy atom. The monoisotopic (exact) mass is 432 g/mol. The normalized spacial score (nSPS) is 13.1. The first kappa shape index (κ1) is 21.1. The molecule has 1 aromatic carbocycles. The molecule has 6 nitrogen and oxygen atoms in total. The van der Waals surface area contributed by atoms with Crippen molar-refractivity contribution in [3.63, 3.8) is 0 Å². The molecule has 0 bridgehead atoms. The molecule has 2 unspecified atom stereocenters. The van der Waals surface area contributed by atoms with E-state index in [1.807, 2.05) is 30.3 Å². The highest BCUT2D eigenvalue weighted by Gasteiger charge is 2.20. The fourth-order valence-electron chi connectivity index (χ4n) is 2.50. The number of hydrogen-bond donors (Lipinski definition) is 2. The summed E-state index contributed by atoms with van der Waals surface area (Å²) in [6, 6.07) is 13.1. The Balaban J connectivity index is 1.79. The van der Waals surface area contributed by atoms with Crippen LogP contribution in [0.3, 0.4) is 0 Å². The standard InChI is InChI=1S/C20H25BrN4O2/c1-14(16-7-5-4-6-8-16)11-23-20(27)15(2)25(3)13-19(26)24-18-10-9-17(21)12-22-18/h4-10,12,14-15H,11,13H2,1-3H3,(H,23,27)(H,22,24,26). The van der Waals surface area contributed by atoms with E-state index < -0.39 is 6.04 Å². The Morgan fingerprint density at radius 1 is 1.15 bits per heavy atom. The van der Waals surface area contributed by atoms with E-state index in [4.69, 9.17) is 0 Å². The molecule has 0 aliphatic heterocycles. The number of hydrogen-bond acceptors (Lipinski definition) is 4. The molecule has 0 radical (unpaired) electrons. The molecule has 0 fully saturated rings. The summed E-state index contributed by atoms with van der Waals surface area (Å²) in [6.45, 7) is 4.51. The first-order valence-electron chi connectivity index (χ1n) is 8.81. The molecule has 144 valence electrons. The van der Waals surface area contributed by atoms with Crippen molar-refractivity contribution in [3.8, 4) is 0 Å². The van der Waals surface area contributed by atoms with E-state index >= 15 is 0 Å². The number of nitrogens with one attached hydrogen (secondary N) is 2. The van der Waals surface area contributed by atoms with E-state index in [0.29, 0.717) is 12.4 Å². The topological polar surface area (TPSA) is 74.3 Å². The molecule has 2 rings (SSSR count). The van der Waals surface area contributed by atoms with Gasteiger partial charge in [-0.2, -0.15) is 0 Å². The van der Waals surface area contributed by atoms with E-state index in [9.17, 15) is 9.59 Å². The second kappa shape index (κ2) is 10.2. The zero-order chi connectivity index (χ0) is 19.8. The number of amides is 2. The highest BCUT2D eigenvalue weighted by atomic mass is 79.9. The van der Waals surface area contributed by atoms with E-state index in [-0.39, 0.29) is 24.3 Å². The van der Waals surface area contributed by atoms with Crippen LogP contribution in [0.25, 0.3) is 0 Å². The molecule has 2 N–H and O–H groups in total. The van der Waals surface area contributed by atoms with Gasteiger partial charge in [0.25, 0.3) is 0 Å². The van der Waals surface area contributed by atoms with Gasteiger partial charge in [-0.05, 0) is 53.5 Å². The smallest absolute Gasteiger partial charge is 0.239 e. The summed E-state index contributed by atoms with van der Waals surface area (Å²) < 4.78 is 0.840. The molecule has 1 aromatic heterocycles. The molecule has 0 spiro atoms. The second-order valence-electron chi connectivity index (χ2n) is 6.56. The van der Waals surface area contributed by atoms with Gasteiger partial charge < -0.3 is 10.6 Å². The average molecular weight is 433 g/mol. The van der Waals surface area contributed by atoms with Gasteiger partial charge in [0, 0.05) is 17.2 Å². The van der Waals surface area contributed by atoms with Gasteiger partial charge in [0.1, 0.15) is 5.82 Å². The zero-order valence-electron chi connectivity index (χ0n) is 15.8. The quantitative estimate of drug-likeness (QED) is 0.671. The minimum atomic E-state index is -0.420. The highest BCUT2D eigenvalue weighted by molar-refractivity contribution is 9.10. The molecule has 2 aromatic rings. The third kappa shape index (κ3) is 6.77. The average Bonchev–Trinajstić information content (AvgIpc) is 2.67. The van der Waals surface area contributed by atoms with Crippen LogP contribution in [0, 0.1) is 0 Å². The van der Waals surface area contributed by atoms with Crippen molar-refractivity contribution in [3.05, 3.63) is 58.7 Å². The minimum absolute atomic E-state index is 0.0978. The van der Waals surface area contributed by atoms with Gasteiger partial charge in [-0.1, -0.05) is 37.3 Å².